The molecule has 0 saturated carbocycles. The van der Waals surface area contributed by atoms with Crippen molar-refractivity contribution in [3.8, 4) is 0 Å². The van der Waals surface area contributed by atoms with Crippen LogP contribution in [0.5, 0.6) is 0 Å². The van der Waals surface area contributed by atoms with Crippen LogP contribution in [0.2, 0.25) is 0 Å². The van der Waals surface area contributed by atoms with Gasteiger partial charge in [-0.3, -0.25) is 0 Å². The highest BCUT2D eigenvalue weighted by Gasteiger charge is 2.44. The van der Waals surface area contributed by atoms with Gasteiger partial charge in [-0.2, -0.15) is 13.2 Å². The molecule has 0 unspecified atom stereocenters. The molecule has 8 nitrogen and oxygen atoms in total. The van der Waals surface area contributed by atoms with Gasteiger partial charge < -0.3 is 20.4 Å². The monoisotopic (exact) mass is 477 g/mol. The molecule has 1 aliphatic heterocycles. The van der Waals surface area contributed by atoms with Crippen molar-refractivity contribution in [3.05, 3.63) is 35.7 Å². The van der Waals surface area contributed by atoms with E-state index in [4.69, 9.17) is 10.5 Å². The van der Waals surface area contributed by atoms with E-state index >= 15 is 0 Å². The summed E-state index contributed by atoms with van der Waals surface area (Å²) in [5, 5.41) is 0. The Labute approximate surface area is 178 Å². The summed E-state index contributed by atoms with van der Waals surface area (Å²) < 4.78 is 99.0. The molecule has 0 amide bonds. The lowest BCUT2D eigenvalue weighted by atomic mass is 10.2. The van der Waals surface area contributed by atoms with Gasteiger partial charge in [-0.25, -0.2) is 27.2 Å². The number of nitrogens with two attached hydrogens (primary N) is 1. The average Bonchev–Trinajstić information content (AvgIpc) is 3.02. The zero-order valence-electron chi connectivity index (χ0n) is 16.4. The maximum atomic E-state index is 14.2. The van der Waals surface area contributed by atoms with Crippen LogP contribution in [0.3, 0.4) is 0 Å². The van der Waals surface area contributed by atoms with E-state index in [0.717, 1.165) is 18.2 Å². The van der Waals surface area contributed by atoms with Gasteiger partial charge in [-0.15, -0.1) is 0 Å². The van der Waals surface area contributed by atoms with Gasteiger partial charge in [0.15, 0.2) is 11.9 Å². The predicted octanol–water partition coefficient (Wildman–Crippen LogP) is 2.73. The summed E-state index contributed by atoms with van der Waals surface area (Å²) in [6.07, 6.45) is -6.70. The molecule has 4 rings (SSSR count). The molecule has 3 heterocycles. The zero-order chi connectivity index (χ0) is 23.4. The van der Waals surface area contributed by atoms with Gasteiger partial charge in [-0.05, 0) is 19.1 Å². The minimum Gasteiger partial charge on any atom is -0.384 e. The number of nitrogens with one attached hydrogen (secondary N) is 1. The van der Waals surface area contributed by atoms with Crippen molar-refractivity contribution in [3.63, 3.8) is 0 Å². The lowest BCUT2D eigenvalue weighted by Crippen LogP contribution is -2.49. The lowest BCUT2D eigenvalue weighted by molar-refractivity contribution is -0.221. The SMILES string of the molecule is Cc1nc(N2CCO[C@H](C(F)(F)F)C2)c2[nH]c(N)c(S(=O)(=O)c3c(F)cccc3F)c2n1. The number of benzene rings is 1. The van der Waals surface area contributed by atoms with Crippen LogP contribution in [-0.4, -0.2) is 55.3 Å². The molecule has 0 radical (unpaired) electrons. The molecule has 0 spiro atoms. The van der Waals surface area contributed by atoms with Crippen molar-refractivity contribution in [2.24, 2.45) is 0 Å². The minimum absolute atomic E-state index is 0.0204. The van der Waals surface area contributed by atoms with Crippen molar-refractivity contribution >= 4 is 32.5 Å². The Balaban J connectivity index is 1.90. The van der Waals surface area contributed by atoms with Crippen LogP contribution in [0.15, 0.2) is 28.0 Å². The highest BCUT2D eigenvalue weighted by Crippen LogP contribution is 2.38. The third-order valence-electron chi connectivity index (χ3n) is 4.91. The summed E-state index contributed by atoms with van der Waals surface area (Å²) in [4.78, 5) is 10.1. The topological polar surface area (TPSA) is 114 Å². The summed E-state index contributed by atoms with van der Waals surface area (Å²) in [7, 11) is -4.83. The third-order valence-corrected chi connectivity index (χ3v) is 6.79. The Morgan fingerprint density at radius 1 is 1.19 bits per heavy atom. The molecule has 1 aliphatic rings. The normalized spacial score (nSPS) is 17.8. The van der Waals surface area contributed by atoms with E-state index in [0.29, 0.717) is 0 Å². The molecular weight excluding hydrogens is 461 g/mol. The Morgan fingerprint density at radius 3 is 2.47 bits per heavy atom. The number of nitrogen functional groups attached to an aromatic ring is 1. The number of aromatic amines is 1. The molecule has 0 aliphatic carbocycles. The second kappa shape index (κ2) is 7.55. The van der Waals surface area contributed by atoms with E-state index in [1.807, 2.05) is 0 Å². The number of aryl methyl sites for hydroxylation is 1. The maximum Gasteiger partial charge on any atom is 0.416 e. The largest absolute Gasteiger partial charge is 0.416 e. The second-order valence-electron chi connectivity index (χ2n) is 7.09. The Morgan fingerprint density at radius 2 is 1.84 bits per heavy atom. The molecule has 14 heteroatoms. The standard InChI is InChI=1S/C18H16F5N5O3S/c1-8-25-12-13(17(26-8)28-5-6-31-11(7-28)18(21,22)23)27-16(24)15(12)32(29,30)14-9(19)3-2-4-10(14)20/h2-4,11,27H,5-7,24H2,1H3/t11-/m0/s1. The van der Waals surface area contributed by atoms with E-state index in [1.54, 1.807) is 0 Å². The first kappa shape index (κ1) is 22.2. The number of fused-ring (bicyclic) bond motifs is 1. The smallest absolute Gasteiger partial charge is 0.384 e. The first-order chi connectivity index (χ1) is 14.9. The van der Waals surface area contributed by atoms with Gasteiger partial charge in [0.25, 0.3) is 0 Å². The van der Waals surface area contributed by atoms with Crippen molar-refractivity contribution in [1.29, 1.82) is 0 Å². The number of hydrogen-bond acceptors (Lipinski definition) is 7. The lowest BCUT2D eigenvalue weighted by Gasteiger charge is -2.34. The molecular formula is C18H16F5N5O3S. The van der Waals surface area contributed by atoms with Crippen LogP contribution in [0.4, 0.5) is 33.6 Å². The maximum absolute atomic E-state index is 14.2. The highest BCUT2D eigenvalue weighted by molar-refractivity contribution is 7.92. The number of rotatable bonds is 3. The van der Waals surface area contributed by atoms with Gasteiger partial charge in [0.1, 0.15) is 44.1 Å². The highest BCUT2D eigenvalue weighted by atomic mass is 32.2. The number of hydrogen-bond donors (Lipinski definition) is 2. The van der Waals surface area contributed by atoms with Crippen LogP contribution in [0.25, 0.3) is 11.0 Å². The van der Waals surface area contributed by atoms with Crippen molar-refractivity contribution in [2.45, 2.75) is 29.0 Å². The van der Waals surface area contributed by atoms with Gasteiger partial charge in [0, 0.05) is 6.54 Å². The van der Waals surface area contributed by atoms with Crippen LogP contribution < -0.4 is 10.6 Å². The van der Waals surface area contributed by atoms with Crippen molar-refractivity contribution < 1.29 is 35.1 Å². The molecule has 1 aromatic carbocycles. The zero-order valence-corrected chi connectivity index (χ0v) is 17.2. The van der Waals surface area contributed by atoms with E-state index in [9.17, 15) is 30.4 Å². The molecule has 0 bridgehead atoms. The molecule has 3 N–H and O–H groups in total. The number of ether oxygens (including phenoxy) is 1. The Hall–Kier alpha value is -3.00. The van der Waals surface area contributed by atoms with Crippen LogP contribution in [0.1, 0.15) is 5.82 Å². The number of aromatic nitrogens is 3. The number of H-pyrrole nitrogens is 1. The molecule has 1 saturated heterocycles. The number of sulfone groups is 1. The fourth-order valence-electron chi connectivity index (χ4n) is 3.54. The van der Waals surface area contributed by atoms with Crippen molar-refractivity contribution in [2.75, 3.05) is 30.3 Å². The first-order valence-electron chi connectivity index (χ1n) is 9.19. The molecule has 3 aromatic rings. The van der Waals surface area contributed by atoms with Crippen LogP contribution >= 0.6 is 0 Å². The van der Waals surface area contributed by atoms with Gasteiger partial charge in [0.2, 0.25) is 9.84 Å². The summed E-state index contributed by atoms with van der Waals surface area (Å²) in [5.41, 5.74) is 5.48. The summed E-state index contributed by atoms with van der Waals surface area (Å²) in [6.45, 7) is 0.573. The third kappa shape index (κ3) is 3.62. The minimum atomic E-state index is -4.83. The molecule has 1 fully saturated rings. The number of morpholine rings is 1. The fraction of sp³-hybridized carbons (Fsp3) is 0.333. The van der Waals surface area contributed by atoms with E-state index in [1.165, 1.54) is 11.8 Å². The summed E-state index contributed by atoms with van der Waals surface area (Å²) in [5.74, 6) is -3.15. The molecule has 2 aromatic heterocycles. The van der Waals surface area contributed by atoms with Gasteiger partial charge in [-0.1, -0.05) is 6.07 Å². The van der Waals surface area contributed by atoms with Gasteiger partial charge in [0.05, 0.1) is 13.2 Å². The number of alkyl halides is 3. The number of nitrogens with zero attached hydrogens (tertiary/aromatic N) is 3. The molecule has 1 atom stereocenters. The van der Waals surface area contributed by atoms with Crippen LogP contribution in [0, 0.1) is 18.6 Å². The Bertz CT molecular complexity index is 1290. The van der Waals surface area contributed by atoms with E-state index in [-0.39, 0.29) is 35.8 Å². The molecule has 172 valence electrons. The second-order valence-corrected chi connectivity index (χ2v) is 8.91. The molecule has 32 heavy (non-hydrogen) atoms. The van der Waals surface area contributed by atoms with E-state index < -0.39 is 55.9 Å². The fourth-order valence-corrected chi connectivity index (χ4v) is 5.13. The first-order valence-corrected chi connectivity index (χ1v) is 10.7. The Kier molecular flexibility index (Phi) is 5.24. The van der Waals surface area contributed by atoms with Crippen molar-refractivity contribution in [1.82, 2.24) is 15.0 Å². The predicted molar refractivity (Wildman–Crippen MR) is 103 cm³/mol. The average molecular weight is 477 g/mol. The summed E-state index contributed by atoms with van der Waals surface area (Å²) in [6, 6.07) is 2.55. The number of halogens is 5. The van der Waals surface area contributed by atoms with E-state index in [2.05, 4.69) is 15.0 Å². The van der Waals surface area contributed by atoms with Crippen LogP contribution in [-0.2, 0) is 14.6 Å². The number of anilines is 2. The van der Waals surface area contributed by atoms with Gasteiger partial charge >= 0.3 is 6.18 Å². The quantitative estimate of drug-likeness (QED) is 0.558. The summed E-state index contributed by atoms with van der Waals surface area (Å²) >= 11 is 0.